The van der Waals surface area contributed by atoms with Gasteiger partial charge in [-0.05, 0) is 87.1 Å². The first-order chi connectivity index (χ1) is 21.3. The Balaban J connectivity index is 0.000000369. The van der Waals surface area contributed by atoms with Crippen molar-refractivity contribution in [2.24, 2.45) is 5.73 Å². The summed E-state index contributed by atoms with van der Waals surface area (Å²) < 4.78 is 0. The van der Waals surface area contributed by atoms with Crippen molar-refractivity contribution < 1.29 is 4.79 Å². The lowest BCUT2D eigenvalue weighted by atomic mass is 10.0. The smallest absolute Gasteiger partial charge is 0.207 e. The molecule has 0 fully saturated rings. The van der Waals surface area contributed by atoms with Crippen LogP contribution in [-0.4, -0.2) is 39.8 Å². The van der Waals surface area contributed by atoms with Crippen LogP contribution in [0.2, 0.25) is 0 Å². The molecule has 0 spiro atoms. The Morgan fingerprint density at radius 3 is 2.32 bits per heavy atom. The number of carbonyl (C=O) groups excluding carboxylic acids is 1. The molecule has 2 heterocycles. The van der Waals surface area contributed by atoms with Crippen molar-refractivity contribution in [2.45, 2.75) is 59.7 Å². The lowest BCUT2D eigenvalue weighted by Gasteiger charge is -2.32. The SMILES string of the molecule is CC=C(C)C.Cc1ccccn1.N=C(CNC=O)N(Cc1cccc2ccccc12)C(N)CCCc1c[nH]c2ccccc12. The van der Waals surface area contributed by atoms with Gasteiger partial charge in [-0.25, -0.2) is 0 Å². The predicted molar refractivity (Wildman–Crippen MR) is 185 cm³/mol. The average molecular weight is 591 g/mol. The fraction of sp³-hybridized carbons (Fsp3) is 0.270. The summed E-state index contributed by atoms with van der Waals surface area (Å²) in [5.74, 6) is 0.310. The summed E-state index contributed by atoms with van der Waals surface area (Å²) in [6.07, 6.45) is 8.81. The Morgan fingerprint density at radius 2 is 1.66 bits per heavy atom. The Labute approximate surface area is 261 Å². The summed E-state index contributed by atoms with van der Waals surface area (Å²) in [7, 11) is 0. The number of hydrogen-bond acceptors (Lipinski definition) is 4. The van der Waals surface area contributed by atoms with Crippen LogP contribution >= 0.6 is 0 Å². The number of rotatable bonds is 10. The molecule has 5 aromatic rings. The van der Waals surface area contributed by atoms with E-state index in [0.29, 0.717) is 18.8 Å². The Hall–Kier alpha value is -4.75. The van der Waals surface area contributed by atoms with Crippen LogP contribution in [0.1, 0.15) is 50.4 Å². The molecule has 0 radical (unpaired) electrons. The van der Waals surface area contributed by atoms with Crippen LogP contribution in [0, 0.1) is 12.3 Å². The molecule has 0 aliphatic carbocycles. The highest BCUT2D eigenvalue weighted by Gasteiger charge is 2.19. The number of para-hydroxylation sites is 1. The predicted octanol–water partition coefficient (Wildman–Crippen LogP) is 7.52. The number of hydrogen-bond donors (Lipinski definition) is 4. The molecule has 230 valence electrons. The summed E-state index contributed by atoms with van der Waals surface area (Å²) >= 11 is 0. The molecule has 0 aliphatic rings. The van der Waals surface area contributed by atoms with Crippen LogP contribution < -0.4 is 11.1 Å². The number of benzene rings is 3. The zero-order valence-electron chi connectivity index (χ0n) is 26.4. The minimum absolute atomic E-state index is 0.157. The third-order valence-electron chi connectivity index (χ3n) is 7.33. The van der Waals surface area contributed by atoms with E-state index in [2.05, 4.69) is 83.9 Å². The number of aromatic amines is 1. The van der Waals surface area contributed by atoms with E-state index in [1.165, 1.54) is 16.5 Å². The van der Waals surface area contributed by atoms with E-state index in [0.717, 1.165) is 46.8 Å². The molecule has 5 N–H and O–H groups in total. The van der Waals surface area contributed by atoms with Gasteiger partial charge < -0.3 is 20.9 Å². The quantitative estimate of drug-likeness (QED) is 0.0443. The van der Waals surface area contributed by atoms with Crippen LogP contribution in [0.15, 0.2) is 109 Å². The molecule has 1 amide bonds. The van der Waals surface area contributed by atoms with Crippen molar-refractivity contribution in [3.63, 3.8) is 0 Å². The number of nitrogens with zero attached hydrogens (tertiary/aromatic N) is 2. The summed E-state index contributed by atoms with van der Waals surface area (Å²) in [4.78, 5) is 20.0. The number of H-pyrrole nitrogens is 1. The summed E-state index contributed by atoms with van der Waals surface area (Å²) in [5.41, 5.74) is 12.6. The van der Waals surface area contributed by atoms with Crippen molar-refractivity contribution in [2.75, 3.05) is 6.54 Å². The number of carbonyl (C=O) groups is 1. The molecule has 0 saturated carbocycles. The molecule has 0 saturated heterocycles. The van der Waals surface area contributed by atoms with Gasteiger partial charge in [-0.2, -0.15) is 0 Å². The molecular weight excluding hydrogens is 544 g/mol. The number of aromatic nitrogens is 2. The number of pyridine rings is 1. The van der Waals surface area contributed by atoms with Gasteiger partial charge in [0, 0.05) is 35.5 Å². The highest BCUT2D eigenvalue weighted by molar-refractivity contribution is 5.87. The zero-order chi connectivity index (χ0) is 31.7. The van der Waals surface area contributed by atoms with Crippen molar-refractivity contribution in [3.8, 4) is 0 Å². The number of amidine groups is 1. The molecule has 7 heteroatoms. The maximum atomic E-state index is 10.8. The standard InChI is InChI=1S/C26H29N5O.C6H7N.C5H10/c27-25(14-6-9-20-15-30-24-13-4-3-12-23(20)24)31(26(28)16-29-18-32)17-21-10-5-8-19-7-1-2-11-22(19)21;1-6-4-2-3-5-7-6;1-4-5(2)3/h1-5,7-8,10-13,15,18,25,28,30H,6,9,14,16-17,27H2,(H,29,32);2-5H,1H3;4H,1-3H3. The molecule has 5 rings (SSSR count). The molecule has 0 bridgehead atoms. The second kappa shape index (κ2) is 18.0. The lowest BCUT2D eigenvalue weighted by molar-refractivity contribution is -0.109. The molecule has 3 aromatic carbocycles. The van der Waals surface area contributed by atoms with E-state index < -0.39 is 0 Å². The van der Waals surface area contributed by atoms with Crippen LogP contribution in [-0.2, 0) is 17.8 Å². The summed E-state index contributed by atoms with van der Waals surface area (Å²) in [6.45, 7) is 8.86. The van der Waals surface area contributed by atoms with Gasteiger partial charge in [0.2, 0.25) is 6.41 Å². The van der Waals surface area contributed by atoms with Crippen LogP contribution in [0.4, 0.5) is 0 Å². The van der Waals surface area contributed by atoms with Gasteiger partial charge in [0.1, 0.15) is 5.84 Å². The van der Waals surface area contributed by atoms with E-state index >= 15 is 0 Å². The zero-order valence-corrected chi connectivity index (χ0v) is 26.4. The van der Waals surface area contributed by atoms with Gasteiger partial charge in [0.25, 0.3) is 0 Å². The van der Waals surface area contributed by atoms with Crippen LogP contribution in [0.25, 0.3) is 21.7 Å². The van der Waals surface area contributed by atoms with E-state index in [4.69, 9.17) is 11.1 Å². The van der Waals surface area contributed by atoms with Crippen molar-refractivity contribution in [3.05, 3.63) is 126 Å². The molecule has 1 unspecified atom stereocenters. The van der Waals surface area contributed by atoms with Crippen molar-refractivity contribution >= 4 is 33.9 Å². The minimum Gasteiger partial charge on any atom is -0.361 e. The number of nitrogens with two attached hydrogens (primary N) is 1. The number of allylic oxidation sites excluding steroid dienone is 2. The van der Waals surface area contributed by atoms with Gasteiger partial charge in [0.15, 0.2) is 0 Å². The Kier molecular flexibility index (Phi) is 13.8. The normalized spacial score (nSPS) is 10.9. The first-order valence-electron chi connectivity index (χ1n) is 15.1. The van der Waals surface area contributed by atoms with Crippen molar-refractivity contribution in [1.82, 2.24) is 20.2 Å². The fourth-order valence-corrected chi connectivity index (χ4v) is 4.71. The number of nitrogens with one attached hydrogen (secondary N) is 3. The number of aryl methyl sites for hydroxylation is 2. The fourth-order valence-electron chi connectivity index (χ4n) is 4.71. The van der Waals surface area contributed by atoms with Crippen LogP contribution in [0.3, 0.4) is 0 Å². The number of amides is 1. The second-order valence-electron chi connectivity index (χ2n) is 10.9. The van der Waals surface area contributed by atoms with Gasteiger partial charge in [-0.15, -0.1) is 0 Å². The first kappa shape index (κ1) is 33.7. The third-order valence-corrected chi connectivity index (χ3v) is 7.33. The van der Waals surface area contributed by atoms with Gasteiger partial charge in [-0.1, -0.05) is 78.4 Å². The summed E-state index contributed by atoms with van der Waals surface area (Å²) in [6, 6.07) is 28.6. The molecule has 7 nitrogen and oxygen atoms in total. The van der Waals surface area contributed by atoms with E-state index in [1.54, 1.807) is 6.20 Å². The molecule has 2 aromatic heterocycles. The molecule has 1 atom stereocenters. The monoisotopic (exact) mass is 590 g/mol. The lowest BCUT2D eigenvalue weighted by Crippen LogP contribution is -2.48. The first-order valence-corrected chi connectivity index (χ1v) is 15.1. The Morgan fingerprint density at radius 1 is 0.977 bits per heavy atom. The van der Waals surface area contributed by atoms with Crippen molar-refractivity contribution in [1.29, 1.82) is 5.41 Å². The molecule has 0 aliphatic heterocycles. The van der Waals surface area contributed by atoms with E-state index in [9.17, 15) is 4.79 Å². The molecule has 44 heavy (non-hydrogen) atoms. The highest BCUT2D eigenvalue weighted by Crippen LogP contribution is 2.23. The van der Waals surface area contributed by atoms with Crippen LogP contribution in [0.5, 0.6) is 0 Å². The topological polar surface area (TPSA) is 111 Å². The second-order valence-corrected chi connectivity index (χ2v) is 10.9. The highest BCUT2D eigenvalue weighted by atomic mass is 16.1. The minimum atomic E-state index is -0.319. The van der Waals surface area contributed by atoms with E-state index in [-0.39, 0.29) is 12.7 Å². The average Bonchev–Trinajstić information content (AvgIpc) is 3.46. The van der Waals surface area contributed by atoms with E-state index in [1.807, 2.05) is 61.2 Å². The third kappa shape index (κ3) is 10.5. The maximum Gasteiger partial charge on any atom is 0.207 e. The number of fused-ring (bicyclic) bond motifs is 2. The maximum absolute atomic E-state index is 10.8. The van der Waals surface area contributed by atoms with Gasteiger partial charge >= 0.3 is 0 Å². The largest absolute Gasteiger partial charge is 0.361 e. The molecular formula is C37H46N6O. The summed E-state index contributed by atoms with van der Waals surface area (Å²) in [5, 5.41) is 14.7. The van der Waals surface area contributed by atoms with Gasteiger partial charge in [0.05, 0.1) is 12.7 Å². The van der Waals surface area contributed by atoms with Gasteiger partial charge in [-0.3, -0.25) is 15.2 Å². The Bertz CT molecular complexity index is 1620.